The number of aryl methyl sites for hydroxylation is 3. The lowest BCUT2D eigenvalue weighted by molar-refractivity contribution is 0.581. The molecule has 0 aliphatic rings. The summed E-state index contributed by atoms with van der Waals surface area (Å²) in [5.41, 5.74) is 3.81. The van der Waals surface area contributed by atoms with Crippen LogP contribution in [0.1, 0.15) is 22.3 Å². The Kier molecular flexibility index (Phi) is 4.49. The van der Waals surface area contributed by atoms with Crippen molar-refractivity contribution in [1.82, 2.24) is 9.71 Å². The molecule has 0 saturated heterocycles. The Morgan fingerprint density at radius 1 is 1.00 bits per heavy atom. The largest absolute Gasteiger partial charge is 0.321 e. The summed E-state index contributed by atoms with van der Waals surface area (Å²) in [6.07, 6.45) is 0. The van der Waals surface area contributed by atoms with Crippen LogP contribution in [0.2, 0.25) is 0 Å². The van der Waals surface area contributed by atoms with Gasteiger partial charge in [-0.1, -0.05) is 23.8 Å². The summed E-state index contributed by atoms with van der Waals surface area (Å²) in [5, 5.41) is 0.891. The molecule has 0 unspecified atom stereocenters. The first kappa shape index (κ1) is 17.4. The molecule has 2 aromatic carbocycles. The van der Waals surface area contributed by atoms with E-state index in [1.54, 1.807) is 18.2 Å². The smallest absolute Gasteiger partial charge is 0.252 e. The molecule has 0 atom stereocenters. The fourth-order valence-electron chi connectivity index (χ4n) is 2.90. The van der Waals surface area contributed by atoms with Gasteiger partial charge in [0.2, 0.25) is 10.0 Å². The minimum Gasteiger partial charge on any atom is -0.321 e. The number of nitrogens with one attached hydrogen (secondary N) is 2. The van der Waals surface area contributed by atoms with Gasteiger partial charge in [-0.15, -0.1) is 0 Å². The summed E-state index contributed by atoms with van der Waals surface area (Å²) in [6, 6.07) is 12.4. The van der Waals surface area contributed by atoms with Crippen LogP contribution in [0.5, 0.6) is 0 Å². The molecule has 1 aromatic heterocycles. The maximum Gasteiger partial charge on any atom is 0.252 e. The van der Waals surface area contributed by atoms with Crippen LogP contribution in [0.4, 0.5) is 0 Å². The van der Waals surface area contributed by atoms with Crippen LogP contribution in [-0.2, 0) is 16.6 Å². The molecule has 0 amide bonds. The van der Waals surface area contributed by atoms with Crippen LogP contribution < -0.4 is 10.3 Å². The third-order valence-corrected chi connectivity index (χ3v) is 5.52. The van der Waals surface area contributed by atoms with Crippen molar-refractivity contribution in [2.75, 3.05) is 0 Å². The van der Waals surface area contributed by atoms with Crippen molar-refractivity contribution in [3.63, 3.8) is 0 Å². The van der Waals surface area contributed by atoms with Crippen molar-refractivity contribution in [3.05, 3.63) is 75.1 Å². The van der Waals surface area contributed by atoms with Gasteiger partial charge in [0.15, 0.2) is 0 Å². The molecule has 6 heteroatoms. The number of aromatic nitrogens is 1. The maximum atomic E-state index is 12.4. The second-order valence-corrected chi connectivity index (χ2v) is 8.08. The number of H-pyrrole nitrogens is 1. The highest BCUT2D eigenvalue weighted by Crippen LogP contribution is 2.18. The number of rotatable bonds is 4. The van der Waals surface area contributed by atoms with Crippen LogP contribution in [-0.4, -0.2) is 13.4 Å². The first-order valence-electron chi connectivity index (χ1n) is 7.96. The van der Waals surface area contributed by atoms with Gasteiger partial charge in [-0.25, -0.2) is 13.1 Å². The van der Waals surface area contributed by atoms with Gasteiger partial charge in [-0.05, 0) is 61.5 Å². The fourth-order valence-corrected chi connectivity index (χ4v) is 4.01. The SMILES string of the molecule is Cc1cccc(S(=O)(=O)NCc2cc3cc(C)cc(C)c3[nH]c2=O)c1. The van der Waals surface area contributed by atoms with Crippen molar-refractivity contribution >= 4 is 20.9 Å². The topological polar surface area (TPSA) is 79.0 Å². The van der Waals surface area contributed by atoms with Gasteiger partial charge in [0, 0.05) is 12.1 Å². The number of hydrogen-bond acceptors (Lipinski definition) is 3. The van der Waals surface area contributed by atoms with Gasteiger partial charge in [0.25, 0.3) is 5.56 Å². The zero-order valence-electron chi connectivity index (χ0n) is 14.4. The predicted molar refractivity (Wildman–Crippen MR) is 99.2 cm³/mol. The molecule has 0 fully saturated rings. The maximum absolute atomic E-state index is 12.4. The van der Waals surface area contributed by atoms with E-state index >= 15 is 0 Å². The average molecular weight is 356 g/mol. The molecule has 5 nitrogen and oxygen atoms in total. The molecule has 3 rings (SSSR count). The third kappa shape index (κ3) is 3.65. The van der Waals surface area contributed by atoms with E-state index in [-0.39, 0.29) is 17.0 Å². The molecule has 0 spiro atoms. The molecule has 25 heavy (non-hydrogen) atoms. The van der Waals surface area contributed by atoms with Gasteiger partial charge in [-0.2, -0.15) is 0 Å². The number of aromatic amines is 1. The summed E-state index contributed by atoms with van der Waals surface area (Å²) in [5.74, 6) is 0. The van der Waals surface area contributed by atoms with E-state index in [0.29, 0.717) is 5.56 Å². The Labute approximate surface area is 146 Å². The lowest BCUT2D eigenvalue weighted by Gasteiger charge is -2.09. The van der Waals surface area contributed by atoms with Gasteiger partial charge < -0.3 is 4.98 Å². The molecule has 1 heterocycles. The number of fused-ring (bicyclic) bond motifs is 1. The van der Waals surface area contributed by atoms with Crippen LogP contribution in [0.3, 0.4) is 0 Å². The molecule has 130 valence electrons. The summed E-state index contributed by atoms with van der Waals surface area (Å²) in [7, 11) is -3.67. The first-order chi connectivity index (χ1) is 11.8. The molecule has 0 aliphatic heterocycles. The fraction of sp³-hybridized carbons (Fsp3) is 0.211. The number of benzene rings is 2. The van der Waals surface area contributed by atoms with Crippen LogP contribution in [0.25, 0.3) is 10.9 Å². The van der Waals surface area contributed by atoms with Crippen LogP contribution in [0.15, 0.2) is 52.2 Å². The molecule has 0 saturated carbocycles. The Morgan fingerprint density at radius 3 is 2.48 bits per heavy atom. The Hall–Kier alpha value is -2.44. The van der Waals surface area contributed by atoms with E-state index in [0.717, 1.165) is 27.6 Å². The lowest BCUT2D eigenvalue weighted by Crippen LogP contribution is -2.27. The van der Waals surface area contributed by atoms with Crippen molar-refractivity contribution in [3.8, 4) is 0 Å². The second-order valence-electron chi connectivity index (χ2n) is 6.31. The van der Waals surface area contributed by atoms with Gasteiger partial charge in [0.1, 0.15) is 0 Å². The normalized spacial score (nSPS) is 11.8. The molecule has 2 N–H and O–H groups in total. The number of hydrogen-bond donors (Lipinski definition) is 2. The molecule has 3 aromatic rings. The quantitative estimate of drug-likeness (QED) is 0.754. The summed E-state index contributed by atoms with van der Waals surface area (Å²) < 4.78 is 27.3. The van der Waals surface area contributed by atoms with Crippen LogP contribution in [0, 0.1) is 20.8 Å². The monoisotopic (exact) mass is 356 g/mol. The highest BCUT2D eigenvalue weighted by Gasteiger charge is 2.15. The molecule has 0 bridgehead atoms. The average Bonchev–Trinajstić information content (AvgIpc) is 2.54. The van der Waals surface area contributed by atoms with Gasteiger partial charge >= 0.3 is 0 Å². The van der Waals surface area contributed by atoms with Gasteiger partial charge in [-0.3, -0.25) is 4.79 Å². The second kappa shape index (κ2) is 6.46. The summed E-state index contributed by atoms with van der Waals surface area (Å²) >= 11 is 0. The molecular weight excluding hydrogens is 336 g/mol. The molecule has 0 radical (unpaired) electrons. The lowest BCUT2D eigenvalue weighted by atomic mass is 10.1. The zero-order chi connectivity index (χ0) is 18.2. The van der Waals surface area contributed by atoms with E-state index in [9.17, 15) is 13.2 Å². The van der Waals surface area contributed by atoms with E-state index in [1.165, 1.54) is 6.07 Å². The molecular formula is C19H20N2O3S. The Bertz CT molecular complexity index is 1120. The molecule has 0 aliphatic carbocycles. The zero-order valence-corrected chi connectivity index (χ0v) is 15.2. The van der Waals surface area contributed by atoms with E-state index in [4.69, 9.17) is 0 Å². The number of pyridine rings is 1. The first-order valence-corrected chi connectivity index (χ1v) is 9.44. The van der Waals surface area contributed by atoms with Crippen molar-refractivity contribution < 1.29 is 8.42 Å². The predicted octanol–water partition coefficient (Wildman–Crippen LogP) is 2.93. The van der Waals surface area contributed by atoms with Crippen molar-refractivity contribution in [2.45, 2.75) is 32.2 Å². The highest BCUT2D eigenvalue weighted by atomic mass is 32.2. The minimum atomic E-state index is -3.67. The van der Waals surface area contributed by atoms with E-state index < -0.39 is 10.0 Å². The Balaban J connectivity index is 1.93. The van der Waals surface area contributed by atoms with E-state index in [2.05, 4.69) is 9.71 Å². The third-order valence-electron chi connectivity index (χ3n) is 4.12. The van der Waals surface area contributed by atoms with Crippen molar-refractivity contribution in [2.24, 2.45) is 0 Å². The summed E-state index contributed by atoms with van der Waals surface area (Å²) in [6.45, 7) is 5.69. The van der Waals surface area contributed by atoms with Gasteiger partial charge in [0.05, 0.1) is 10.4 Å². The number of sulfonamides is 1. The van der Waals surface area contributed by atoms with Crippen LogP contribution >= 0.6 is 0 Å². The summed E-state index contributed by atoms with van der Waals surface area (Å²) in [4.78, 5) is 15.3. The Morgan fingerprint density at radius 2 is 1.76 bits per heavy atom. The standard InChI is InChI=1S/C19H20N2O3S/c1-12-5-4-6-17(9-12)25(23,24)20-11-16-10-15-8-13(2)7-14(3)18(15)21-19(16)22/h4-10,20H,11H2,1-3H3,(H,21,22). The highest BCUT2D eigenvalue weighted by molar-refractivity contribution is 7.89. The van der Waals surface area contributed by atoms with E-state index in [1.807, 2.05) is 39.0 Å². The van der Waals surface area contributed by atoms with Crippen molar-refractivity contribution in [1.29, 1.82) is 0 Å². The minimum absolute atomic E-state index is 0.0610.